The quantitative estimate of drug-likeness (QED) is 0.315. The summed E-state index contributed by atoms with van der Waals surface area (Å²) in [7, 11) is 0. The zero-order valence-corrected chi connectivity index (χ0v) is 14.5. The van der Waals surface area contributed by atoms with Gasteiger partial charge in [-0.1, -0.05) is 17.4 Å². The lowest BCUT2D eigenvalue weighted by atomic mass is 10.4. The summed E-state index contributed by atoms with van der Waals surface area (Å²) < 4.78 is 5.29. The topological polar surface area (TPSA) is 127 Å². The number of carboxylic acids is 1. The summed E-state index contributed by atoms with van der Waals surface area (Å²) in [6, 6.07) is 0. The molecule has 1 amide bonds. The van der Waals surface area contributed by atoms with E-state index in [1.54, 1.807) is 6.92 Å². The van der Waals surface area contributed by atoms with Gasteiger partial charge in [0, 0.05) is 6.54 Å². The number of carbonyl (C=O) groups excluding carboxylic acids is 3. The monoisotopic (exact) mass is 407 g/mol. The fourth-order valence-electron chi connectivity index (χ4n) is 1.16. The van der Waals surface area contributed by atoms with Gasteiger partial charge in [-0.2, -0.15) is 0 Å². The Hall–Kier alpha value is -2.14. The Kier molecular flexibility index (Phi) is 10.4. The lowest BCUT2D eigenvalue weighted by molar-refractivity contribution is -0.159. The molecule has 1 rings (SSSR count). The molecule has 126 valence electrons. The number of amides is 1. The maximum Gasteiger partial charge on any atom is 0.397 e. The third kappa shape index (κ3) is 8.78. The summed E-state index contributed by atoms with van der Waals surface area (Å²) in [5.41, 5.74) is 0. The average molecular weight is 408 g/mol. The van der Waals surface area contributed by atoms with E-state index in [4.69, 9.17) is 14.7 Å². The third-order valence-corrected chi connectivity index (χ3v) is 3.30. The first-order chi connectivity index (χ1) is 10.8. The van der Waals surface area contributed by atoms with Gasteiger partial charge in [0.15, 0.2) is 3.92 Å². The molecule has 0 radical (unpaired) electrons. The molecule has 0 unspecified atom stereocenters. The Morgan fingerprint density at radius 1 is 1.43 bits per heavy atom. The number of rotatable bonds is 6. The predicted molar refractivity (Wildman–Crippen MR) is 83.6 cm³/mol. The van der Waals surface area contributed by atoms with Crippen LogP contribution in [0.15, 0.2) is 16.6 Å². The second kappa shape index (κ2) is 11.4. The SMILES string of the molecule is C=CCN(Cc1nnc(Br)s1)C(=O)C(=O)OCC.O=CC(=O)O. The summed E-state index contributed by atoms with van der Waals surface area (Å²) in [5.74, 6) is -3.00. The number of hydrogen-bond donors (Lipinski definition) is 1. The van der Waals surface area contributed by atoms with Crippen LogP contribution in [0.5, 0.6) is 0 Å². The molecule has 9 nitrogen and oxygen atoms in total. The van der Waals surface area contributed by atoms with Gasteiger partial charge in [-0.25, -0.2) is 9.59 Å². The average Bonchev–Trinajstić information content (AvgIpc) is 2.92. The minimum atomic E-state index is -1.43. The first kappa shape index (κ1) is 20.9. The van der Waals surface area contributed by atoms with E-state index >= 15 is 0 Å². The van der Waals surface area contributed by atoms with Crippen molar-refractivity contribution < 1.29 is 29.0 Å². The lowest BCUT2D eigenvalue weighted by Gasteiger charge is -2.18. The zero-order valence-electron chi connectivity index (χ0n) is 12.1. The minimum Gasteiger partial charge on any atom is -0.476 e. The van der Waals surface area contributed by atoms with Gasteiger partial charge in [0.05, 0.1) is 13.2 Å². The molecule has 0 saturated heterocycles. The van der Waals surface area contributed by atoms with Crippen LogP contribution in [0.25, 0.3) is 0 Å². The lowest BCUT2D eigenvalue weighted by Crippen LogP contribution is -2.37. The summed E-state index contributed by atoms with van der Waals surface area (Å²) in [6.07, 6.45) is 1.37. The number of aldehydes is 1. The van der Waals surface area contributed by atoms with Crippen LogP contribution in [0.2, 0.25) is 0 Å². The number of halogens is 1. The number of nitrogens with zero attached hydrogens (tertiary/aromatic N) is 3. The number of hydrogen-bond acceptors (Lipinski definition) is 8. The number of esters is 1. The van der Waals surface area contributed by atoms with Crippen molar-refractivity contribution in [2.45, 2.75) is 13.5 Å². The van der Waals surface area contributed by atoms with Crippen molar-refractivity contribution >= 4 is 51.4 Å². The predicted octanol–water partition coefficient (Wildman–Crippen LogP) is 0.648. The van der Waals surface area contributed by atoms with Crippen molar-refractivity contribution in [1.82, 2.24) is 15.1 Å². The van der Waals surface area contributed by atoms with Crippen LogP contribution in [0, 0.1) is 0 Å². The molecular weight excluding hydrogens is 394 g/mol. The van der Waals surface area contributed by atoms with Gasteiger partial charge in [0.25, 0.3) is 0 Å². The summed E-state index contributed by atoms with van der Waals surface area (Å²) in [5, 5.41) is 15.6. The molecule has 0 aliphatic rings. The van der Waals surface area contributed by atoms with Crippen LogP contribution < -0.4 is 0 Å². The highest BCUT2D eigenvalue weighted by atomic mass is 79.9. The van der Waals surface area contributed by atoms with Crippen molar-refractivity contribution in [2.75, 3.05) is 13.2 Å². The van der Waals surface area contributed by atoms with Gasteiger partial charge in [0.2, 0.25) is 6.29 Å². The Bertz CT molecular complexity index is 577. The number of ether oxygens (including phenoxy) is 1. The van der Waals surface area contributed by atoms with E-state index in [1.807, 2.05) is 0 Å². The summed E-state index contributed by atoms with van der Waals surface area (Å²) in [4.78, 5) is 42.4. The molecule has 11 heteroatoms. The van der Waals surface area contributed by atoms with Crippen LogP contribution in [-0.4, -0.2) is 57.5 Å². The highest BCUT2D eigenvalue weighted by molar-refractivity contribution is 9.11. The van der Waals surface area contributed by atoms with Crippen LogP contribution >= 0.6 is 27.3 Å². The van der Waals surface area contributed by atoms with Gasteiger partial charge in [0.1, 0.15) is 5.01 Å². The molecule has 0 aliphatic heterocycles. The molecule has 0 saturated carbocycles. The van der Waals surface area contributed by atoms with E-state index in [1.165, 1.54) is 22.3 Å². The fourth-order valence-corrected chi connectivity index (χ4v) is 2.38. The fraction of sp³-hybridized carbons (Fsp3) is 0.333. The van der Waals surface area contributed by atoms with Gasteiger partial charge in [-0.15, -0.1) is 16.8 Å². The van der Waals surface area contributed by atoms with Crippen LogP contribution in [0.4, 0.5) is 0 Å². The van der Waals surface area contributed by atoms with Crippen molar-refractivity contribution in [3.8, 4) is 0 Å². The maximum absolute atomic E-state index is 11.8. The maximum atomic E-state index is 11.8. The molecule has 1 aromatic rings. The van der Waals surface area contributed by atoms with E-state index in [2.05, 4.69) is 37.4 Å². The number of carbonyl (C=O) groups is 4. The molecule has 0 spiro atoms. The number of aromatic nitrogens is 2. The second-order valence-corrected chi connectivity index (χ2v) is 5.94. The standard InChI is InChI=1S/C10H12BrN3O3S.C2H2O3/c1-3-5-14(8(15)9(16)17-4-2)6-7-12-13-10(11)18-7;3-1-2(4)5/h3H,1,4-6H2,2H3;1H,(H,4,5). The Labute approximate surface area is 144 Å². The normalized spacial score (nSPS) is 9.13. The van der Waals surface area contributed by atoms with E-state index in [9.17, 15) is 9.59 Å². The Balaban J connectivity index is 0.000000841. The Morgan fingerprint density at radius 2 is 2.04 bits per heavy atom. The van der Waals surface area contributed by atoms with Crippen molar-refractivity contribution in [3.63, 3.8) is 0 Å². The molecule has 1 N–H and O–H groups in total. The second-order valence-electron chi connectivity index (χ2n) is 3.60. The molecule has 0 aliphatic carbocycles. The molecular formula is C12H14BrN3O6S. The van der Waals surface area contributed by atoms with Crippen molar-refractivity contribution in [2.24, 2.45) is 0 Å². The largest absolute Gasteiger partial charge is 0.476 e. The molecule has 0 aromatic carbocycles. The highest BCUT2D eigenvalue weighted by Gasteiger charge is 2.23. The van der Waals surface area contributed by atoms with E-state index in [-0.39, 0.29) is 26.0 Å². The van der Waals surface area contributed by atoms with E-state index in [0.29, 0.717) is 8.92 Å². The van der Waals surface area contributed by atoms with Gasteiger partial charge < -0.3 is 14.7 Å². The van der Waals surface area contributed by atoms with E-state index in [0.717, 1.165) is 0 Å². The first-order valence-corrected chi connectivity index (χ1v) is 7.69. The summed E-state index contributed by atoms with van der Waals surface area (Å²) in [6.45, 7) is 5.80. The summed E-state index contributed by atoms with van der Waals surface area (Å²) >= 11 is 4.48. The zero-order chi connectivity index (χ0) is 17.8. The number of carboxylic acid groups (broad SMARTS) is 1. The van der Waals surface area contributed by atoms with Gasteiger partial charge in [-0.3, -0.25) is 9.59 Å². The van der Waals surface area contributed by atoms with Gasteiger partial charge >= 0.3 is 17.8 Å². The number of aliphatic carboxylic acids is 1. The minimum absolute atomic E-state index is 0.164. The Morgan fingerprint density at radius 3 is 2.43 bits per heavy atom. The first-order valence-electron chi connectivity index (χ1n) is 6.08. The van der Waals surface area contributed by atoms with Crippen LogP contribution in [-0.2, 0) is 30.5 Å². The molecule has 23 heavy (non-hydrogen) atoms. The molecule has 1 heterocycles. The molecule has 0 fully saturated rings. The van der Waals surface area contributed by atoms with Crippen molar-refractivity contribution in [1.29, 1.82) is 0 Å². The smallest absolute Gasteiger partial charge is 0.397 e. The van der Waals surface area contributed by atoms with E-state index < -0.39 is 17.8 Å². The van der Waals surface area contributed by atoms with Crippen molar-refractivity contribution in [3.05, 3.63) is 21.6 Å². The third-order valence-electron chi connectivity index (χ3n) is 1.96. The molecule has 1 aromatic heterocycles. The van der Waals surface area contributed by atoms with Gasteiger partial charge in [-0.05, 0) is 22.9 Å². The molecule has 0 bridgehead atoms. The molecule has 0 atom stereocenters. The van der Waals surface area contributed by atoms with Crippen LogP contribution in [0.1, 0.15) is 11.9 Å². The highest BCUT2D eigenvalue weighted by Crippen LogP contribution is 2.17. The van der Waals surface area contributed by atoms with Crippen LogP contribution in [0.3, 0.4) is 0 Å².